The molecule has 0 unspecified atom stereocenters. The van der Waals surface area contributed by atoms with Gasteiger partial charge in [0.25, 0.3) is 5.91 Å². The number of carbonyl (C=O) groups excluding carboxylic acids is 2. The van der Waals surface area contributed by atoms with Crippen molar-refractivity contribution in [1.29, 1.82) is 0 Å². The van der Waals surface area contributed by atoms with Crippen LogP contribution in [-0.2, 0) is 11.3 Å². The Morgan fingerprint density at radius 2 is 2.04 bits per heavy atom. The number of aromatic nitrogens is 2. The number of aliphatic hydroxyl groups excluding tert-OH is 1. The Morgan fingerprint density at radius 1 is 1.15 bits per heavy atom. The van der Waals surface area contributed by atoms with E-state index in [0.29, 0.717) is 10.6 Å². The minimum atomic E-state index is -0.756. The molecule has 1 aliphatic heterocycles. The van der Waals surface area contributed by atoms with Gasteiger partial charge in [-0.1, -0.05) is 18.2 Å². The number of aliphatic hydroxyl groups is 1. The zero-order chi connectivity index (χ0) is 18.8. The molecule has 0 aromatic carbocycles. The number of carbonyl (C=O) groups is 2. The molecule has 4 rings (SSSR count). The minimum Gasteiger partial charge on any atom is -0.503 e. The highest BCUT2D eigenvalue weighted by Crippen LogP contribution is 2.39. The molecule has 7 heteroatoms. The first-order valence-electron chi connectivity index (χ1n) is 8.29. The topological polar surface area (TPSA) is 83.4 Å². The number of pyridine rings is 2. The van der Waals surface area contributed by atoms with Gasteiger partial charge in [0.15, 0.2) is 5.76 Å². The lowest BCUT2D eigenvalue weighted by atomic mass is 9.99. The van der Waals surface area contributed by atoms with Gasteiger partial charge in [0.2, 0.25) is 5.78 Å². The molecule has 3 aromatic heterocycles. The fourth-order valence-corrected chi connectivity index (χ4v) is 3.80. The highest BCUT2D eigenvalue weighted by molar-refractivity contribution is 7.12. The molecule has 1 amide bonds. The van der Waals surface area contributed by atoms with E-state index in [4.69, 9.17) is 0 Å². The molecule has 0 spiro atoms. The van der Waals surface area contributed by atoms with Gasteiger partial charge in [-0.15, -0.1) is 11.3 Å². The van der Waals surface area contributed by atoms with E-state index in [1.807, 2.05) is 6.07 Å². The third-order valence-electron chi connectivity index (χ3n) is 4.34. The third kappa shape index (κ3) is 3.13. The maximum atomic E-state index is 13.0. The molecule has 0 bridgehead atoms. The van der Waals surface area contributed by atoms with Gasteiger partial charge >= 0.3 is 0 Å². The SMILES string of the molecule is O=C(C1=C(O)C(=O)N(Cc2cccnc2)[C@H]1c1ccccn1)c1cccs1. The molecule has 6 nitrogen and oxygen atoms in total. The molecule has 1 N–H and O–H groups in total. The summed E-state index contributed by atoms with van der Waals surface area (Å²) in [4.78, 5) is 36.1. The third-order valence-corrected chi connectivity index (χ3v) is 5.21. The van der Waals surface area contributed by atoms with Crippen LogP contribution in [-0.4, -0.2) is 31.7 Å². The predicted octanol–water partition coefficient (Wildman–Crippen LogP) is 3.32. The number of hydrogen-bond acceptors (Lipinski definition) is 6. The summed E-state index contributed by atoms with van der Waals surface area (Å²) in [6.07, 6.45) is 4.90. The Hall–Kier alpha value is -3.32. The smallest absolute Gasteiger partial charge is 0.290 e. The van der Waals surface area contributed by atoms with E-state index in [9.17, 15) is 14.7 Å². The minimum absolute atomic E-state index is 0.0602. The molecule has 0 saturated carbocycles. The van der Waals surface area contributed by atoms with Gasteiger partial charge in [0, 0.05) is 25.1 Å². The van der Waals surface area contributed by atoms with E-state index in [0.717, 1.165) is 5.56 Å². The standard InChI is InChI=1S/C20H15N3O3S/c24-18(15-7-4-10-27-15)16-17(14-6-1-2-9-22-14)23(20(26)19(16)25)12-13-5-3-8-21-11-13/h1-11,17,25H,12H2/t17-/m0/s1. The normalized spacial score (nSPS) is 16.8. The number of hydrogen-bond donors (Lipinski definition) is 1. The molecular weight excluding hydrogens is 362 g/mol. The van der Waals surface area contributed by atoms with Crippen molar-refractivity contribution in [1.82, 2.24) is 14.9 Å². The fourth-order valence-electron chi connectivity index (χ4n) is 3.12. The summed E-state index contributed by atoms with van der Waals surface area (Å²) < 4.78 is 0. The maximum absolute atomic E-state index is 13.0. The molecule has 27 heavy (non-hydrogen) atoms. The molecule has 134 valence electrons. The number of amides is 1. The van der Waals surface area contributed by atoms with Crippen molar-refractivity contribution in [2.75, 3.05) is 0 Å². The van der Waals surface area contributed by atoms with Gasteiger partial charge in [-0.2, -0.15) is 0 Å². The van der Waals surface area contributed by atoms with Crippen molar-refractivity contribution in [3.63, 3.8) is 0 Å². The lowest BCUT2D eigenvalue weighted by Gasteiger charge is -2.25. The molecule has 1 atom stereocenters. The predicted molar refractivity (Wildman–Crippen MR) is 100 cm³/mol. The van der Waals surface area contributed by atoms with Gasteiger partial charge in [-0.3, -0.25) is 19.6 Å². The molecule has 0 aliphatic carbocycles. The van der Waals surface area contributed by atoms with Gasteiger partial charge in [0.1, 0.15) is 6.04 Å². The van der Waals surface area contributed by atoms with Crippen LogP contribution in [0, 0.1) is 0 Å². The zero-order valence-corrected chi connectivity index (χ0v) is 15.0. The summed E-state index contributed by atoms with van der Waals surface area (Å²) in [5, 5.41) is 12.3. The number of Topliss-reactive ketones (excluding diaryl/α,β-unsaturated/α-hetero) is 1. The van der Waals surface area contributed by atoms with Crippen LogP contribution < -0.4 is 0 Å². The number of rotatable bonds is 5. The van der Waals surface area contributed by atoms with Crippen LogP contribution in [0.15, 0.2) is 77.8 Å². The summed E-state index contributed by atoms with van der Waals surface area (Å²) in [5.41, 5.74) is 1.38. The Balaban J connectivity index is 1.79. The van der Waals surface area contributed by atoms with Crippen molar-refractivity contribution < 1.29 is 14.7 Å². The van der Waals surface area contributed by atoms with Crippen LogP contribution >= 0.6 is 11.3 Å². The van der Waals surface area contributed by atoms with Crippen LogP contribution in [0.1, 0.15) is 27.0 Å². The van der Waals surface area contributed by atoms with Crippen LogP contribution in [0.4, 0.5) is 0 Å². The number of ketones is 1. The summed E-state index contributed by atoms with van der Waals surface area (Å²) in [6.45, 7) is 0.208. The van der Waals surface area contributed by atoms with Gasteiger partial charge in [-0.05, 0) is 35.2 Å². The highest BCUT2D eigenvalue weighted by Gasteiger charge is 2.44. The van der Waals surface area contributed by atoms with Crippen LogP contribution in [0.2, 0.25) is 0 Å². The van der Waals surface area contributed by atoms with E-state index in [-0.39, 0.29) is 17.9 Å². The van der Waals surface area contributed by atoms with Crippen LogP contribution in [0.25, 0.3) is 0 Å². The van der Waals surface area contributed by atoms with E-state index < -0.39 is 17.7 Å². The average Bonchev–Trinajstić information content (AvgIpc) is 3.32. The highest BCUT2D eigenvalue weighted by atomic mass is 32.1. The molecule has 1 aliphatic rings. The lowest BCUT2D eigenvalue weighted by molar-refractivity contribution is -0.130. The van der Waals surface area contributed by atoms with Crippen molar-refractivity contribution in [3.8, 4) is 0 Å². The van der Waals surface area contributed by atoms with Crippen molar-refractivity contribution in [2.45, 2.75) is 12.6 Å². The molecule has 0 fully saturated rings. The second-order valence-electron chi connectivity index (χ2n) is 6.02. The lowest BCUT2D eigenvalue weighted by Crippen LogP contribution is -2.31. The molecule has 4 heterocycles. The van der Waals surface area contributed by atoms with Crippen LogP contribution in [0.5, 0.6) is 0 Å². The number of nitrogens with zero attached hydrogens (tertiary/aromatic N) is 3. The zero-order valence-electron chi connectivity index (χ0n) is 14.1. The van der Waals surface area contributed by atoms with Crippen molar-refractivity contribution >= 4 is 23.0 Å². The molecule has 0 saturated heterocycles. The first-order chi connectivity index (χ1) is 13.2. The van der Waals surface area contributed by atoms with Crippen LogP contribution in [0.3, 0.4) is 0 Å². The maximum Gasteiger partial charge on any atom is 0.290 e. The monoisotopic (exact) mass is 377 g/mol. The summed E-state index contributed by atoms with van der Waals surface area (Å²) in [6, 6.07) is 11.6. The Labute approximate surface area is 159 Å². The Bertz CT molecular complexity index is 1000. The quantitative estimate of drug-likeness (QED) is 0.690. The van der Waals surface area contributed by atoms with Crippen molar-refractivity contribution in [3.05, 3.63) is 93.9 Å². The van der Waals surface area contributed by atoms with E-state index in [2.05, 4.69) is 9.97 Å². The van der Waals surface area contributed by atoms with Gasteiger partial charge in [-0.25, -0.2) is 0 Å². The van der Waals surface area contributed by atoms with Gasteiger partial charge in [0.05, 0.1) is 16.1 Å². The fraction of sp³-hybridized carbons (Fsp3) is 0.100. The largest absolute Gasteiger partial charge is 0.503 e. The first kappa shape index (κ1) is 17.1. The van der Waals surface area contributed by atoms with E-state index in [1.54, 1.807) is 60.4 Å². The average molecular weight is 377 g/mol. The molecule has 0 radical (unpaired) electrons. The van der Waals surface area contributed by atoms with E-state index in [1.165, 1.54) is 16.2 Å². The van der Waals surface area contributed by atoms with Crippen molar-refractivity contribution in [2.24, 2.45) is 0 Å². The Kier molecular flexibility index (Phi) is 4.52. The Morgan fingerprint density at radius 3 is 2.70 bits per heavy atom. The second-order valence-corrected chi connectivity index (χ2v) is 6.97. The first-order valence-corrected chi connectivity index (χ1v) is 9.17. The van der Waals surface area contributed by atoms with E-state index >= 15 is 0 Å². The summed E-state index contributed by atoms with van der Waals surface area (Å²) in [5.74, 6) is -1.47. The number of thiophene rings is 1. The molecular formula is C20H15N3O3S. The second kappa shape index (κ2) is 7.13. The molecule has 3 aromatic rings. The van der Waals surface area contributed by atoms with Gasteiger partial charge < -0.3 is 10.0 Å². The summed E-state index contributed by atoms with van der Waals surface area (Å²) in [7, 11) is 0. The summed E-state index contributed by atoms with van der Waals surface area (Å²) >= 11 is 1.27.